The number of halogens is 1. The van der Waals surface area contributed by atoms with E-state index in [9.17, 15) is 0 Å². The van der Waals surface area contributed by atoms with Crippen molar-refractivity contribution < 1.29 is 4.74 Å². The molecule has 1 fully saturated rings. The van der Waals surface area contributed by atoms with Crippen LogP contribution in [0.4, 0.5) is 0 Å². The van der Waals surface area contributed by atoms with Crippen molar-refractivity contribution in [2.24, 2.45) is 5.41 Å². The van der Waals surface area contributed by atoms with Crippen molar-refractivity contribution in [1.29, 1.82) is 0 Å². The first-order chi connectivity index (χ1) is 9.58. The number of rotatable bonds is 5. The van der Waals surface area contributed by atoms with Crippen LogP contribution >= 0.6 is 11.6 Å². The molecule has 1 atom stereocenters. The van der Waals surface area contributed by atoms with E-state index in [4.69, 9.17) is 21.3 Å². The summed E-state index contributed by atoms with van der Waals surface area (Å²) < 4.78 is 8.12. The molecular formula is C16H21ClN2O. The summed E-state index contributed by atoms with van der Waals surface area (Å²) >= 11 is 6.10. The summed E-state index contributed by atoms with van der Waals surface area (Å²) in [6.07, 6.45) is 2.18. The number of hydrogen-bond acceptors (Lipinski definition) is 2. The van der Waals surface area contributed by atoms with Gasteiger partial charge in [-0.3, -0.25) is 0 Å². The first kappa shape index (κ1) is 13.7. The molecule has 1 aliphatic carbocycles. The molecule has 0 radical (unpaired) electrons. The van der Waals surface area contributed by atoms with Crippen LogP contribution in [0.15, 0.2) is 18.2 Å². The van der Waals surface area contributed by atoms with Crippen molar-refractivity contribution in [3.8, 4) is 5.75 Å². The smallest absolute Gasteiger partial charge is 0.147 e. The highest BCUT2D eigenvalue weighted by atomic mass is 35.5. The zero-order valence-electron chi connectivity index (χ0n) is 12.3. The second kappa shape index (κ2) is 4.96. The van der Waals surface area contributed by atoms with Crippen LogP contribution in [0.1, 0.15) is 45.5 Å². The van der Waals surface area contributed by atoms with Gasteiger partial charge in [-0.15, -0.1) is 11.6 Å². The topological polar surface area (TPSA) is 27.1 Å². The second-order valence-corrected chi connectivity index (χ2v) is 6.48. The summed E-state index contributed by atoms with van der Waals surface area (Å²) in [6.45, 7) is 7.41. The first-order valence-electron chi connectivity index (χ1n) is 7.27. The Morgan fingerprint density at radius 3 is 2.80 bits per heavy atom. The van der Waals surface area contributed by atoms with E-state index in [0.717, 1.165) is 35.6 Å². The first-order valence-corrected chi connectivity index (χ1v) is 7.80. The fraction of sp³-hybridized carbons (Fsp3) is 0.562. The number of imidazole rings is 1. The third kappa shape index (κ3) is 2.18. The summed E-state index contributed by atoms with van der Waals surface area (Å²) in [5, 5.41) is 0. The zero-order chi connectivity index (χ0) is 14.3. The molecule has 1 aliphatic rings. The van der Waals surface area contributed by atoms with E-state index < -0.39 is 0 Å². The van der Waals surface area contributed by atoms with Gasteiger partial charge in [0.1, 0.15) is 17.1 Å². The predicted molar refractivity (Wildman–Crippen MR) is 82.5 cm³/mol. The van der Waals surface area contributed by atoms with Crippen LogP contribution in [0.2, 0.25) is 0 Å². The summed E-state index contributed by atoms with van der Waals surface area (Å²) in [5.41, 5.74) is 2.43. The van der Waals surface area contributed by atoms with Gasteiger partial charge < -0.3 is 9.30 Å². The van der Waals surface area contributed by atoms with Crippen molar-refractivity contribution in [2.45, 2.75) is 45.5 Å². The van der Waals surface area contributed by atoms with Gasteiger partial charge in [0, 0.05) is 6.04 Å². The van der Waals surface area contributed by atoms with Crippen LogP contribution in [0, 0.1) is 5.41 Å². The maximum Gasteiger partial charge on any atom is 0.147 e. The van der Waals surface area contributed by atoms with Crippen LogP contribution in [-0.4, -0.2) is 16.2 Å². The maximum atomic E-state index is 6.10. The molecule has 0 saturated heterocycles. The number of alkyl halides is 1. The van der Waals surface area contributed by atoms with E-state index in [0.29, 0.717) is 17.3 Å². The Kier molecular flexibility index (Phi) is 3.41. The average Bonchev–Trinajstić information content (AvgIpc) is 2.90. The Balaban J connectivity index is 2.10. The van der Waals surface area contributed by atoms with E-state index in [2.05, 4.69) is 31.4 Å². The Morgan fingerprint density at radius 2 is 2.20 bits per heavy atom. The minimum absolute atomic E-state index is 0.342. The minimum Gasteiger partial charge on any atom is -0.491 e. The highest BCUT2D eigenvalue weighted by Crippen LogP contribution is 2.57. The van der Waals surface area contributed by atoms with Gasteiger partial charge in [0.25, 0.3) is 0 Å². The molecule has 2 aromatic rings. The lowest BCUT2D eigenvalue weighted by molar-refractivity contribution is 0.320. The van der Waals surface area contributed by atoms with E-state index in [1.165, 1.54) is 6.42 Å². The molecule has 1 unspecified atom stereocenters. The number of fused-ring (bicyclic) bond motifs is 1. The number of benzene rings is 1. The summed E-state index contributed by atoms with van der Waals surface area (Å²) in [6, 6.07) is 6.65. The van der Waals surface area contributed by atoms with Crippen molar-refractivity contribution in [1.82, 2.24) is 9.55 Å². The normalized spacial score (nSPS) is 20.3. The van der Waals surface area contributed by atoms with Gasteiger partial charge in [0.2, 0.25) is 0 Å². The molecule has 0 amide bonds. The molecule has 1 aromatic heterocycles. The van der Waals surface area contributed by atoms with Gasteiger partial charge >= 0.3 is 0 Å². The van der Waals surface area contributed by atoms with Crippen molar-refractivity contribution in [2.75, 3.05) is 6.61 Å². The van der Waals surface area contributed by atoms with Crippen molar-refractivity contribution >= 4 is 22.6 Å². The monoisotopic (exact) mass is 292 g/mol. The average molecular weight is 293 g/mol. The van der Waals surface area contributed by atoms with E-state index >= 15 is 0 Å². The molecule has 108 valence electrons. The lowest BCUT2D eigenvalue weighted by Gasteiger charge is -2.10. The van der Waals surface area contributed by atoms with E-state index in [1.54, 1.807) is 0 Å². The van der Waals surface area contributed by atoms with E-state index in [-0.39, 0.29) is 0 Å². The van der Waals surface area contributed by atoms with Gasteiger partial charge in [0.15, 0.2) is 0 Å². The lowest BCUT2D eigenvalue weighted by Crippen LogP contribution is -2.04. The summed E-state index contributed by atoms with van der Waals surface area (Å²) in [7, 11) is 0. The standard InChI is InChI=1S/C16H21ClN2O/c1-4-8-20-12-7-5-6-11-15(12)18-14(10-17)19(11)13-9-16(13,2)3/h5-7,13H,4,8-10H2,1-3H3. The Bertz CT molecular complexity index is 633. The van der Waals surface area contributed by atoms with Crippen LogP contribution in [-0.2, 0) is 5.88 Å². The molecule has 3 nitrogen and oxygen atoms in total. The molecule has 0 aliphatic heterocycles. The zero-order valence-corrected chi connectivity index (χ0v) is 13.1. The quantitative estimate of drug-likeness (QED) is 0.757. The molecular weight excluding hydrogens is 272 g/mol. The van der Waals surface area contributed by atoms with Crippen LogP contribution in [0.3, 0.4) is 0 Å². The summed E-state index contributed by atoms with van der Waals surface area (Å²) in [4.78, 5) is 4.72. The van der Waals surface area contributed by atoms with Crippen LogP contribution in [0.25, 0.3) is 11.0 Å². The minimum atomic E-state index is 0.342. The lowest BCUT2D eigenvalue weighted by atomic mass is 10.2. The number of ether oxygens (including phenoxy) is 1. The molecule has 3 rings (SSSR count). The van der Waals surface area contributed by atoms with Gasteiger partial charge in [0.05, 0.1) is 18.0 Å². The maximum absolute atomic E-state index is 6.10. The second-order valence-electron chi connectivity index (χ2n) is 6.21. The number of para-hydroxylation sites is 1. The summed E-state index contributed by atoms with van der Waals surface area (Å²) in [5.74, 6) is 2.26. The van der Waals surface area contributed by atoms with E-state index in [1.807, 2.05) is 12.1 Å². The molecule has 1 heterocycles. The van der Waals surface area contributed by atoms with Crippen LogP contribution in [0.5, 0.6) is 5.75 Å². The predicted octanol–water partition coefficient (Wildman–Crippen LogP) is 4.53. The molecule has 20 heavy (non-hydrogen) atoms. The highest BCUT2D eigenvalue weighted by Gasteiger charge is 2.48. The molecule has 0 bridgehead atoms. The Labute approximate surface area is 124 Å². The van der Waals surface area contributed by atoms with Gasteiger partial charge in [-0.1, -0.05) is 26.8 Å². The van der Waals surface area contributed by atoms with Crippen molar-refractivity contribution in [3.05, 3.63) is 24.0 Å². The molecule has 0 N–H and O–H groups in total. The molecule has 4 heteroatoms. The third-order valence-corrected chi connectivity index (χ3v) is 4.35. The Morgan fingerprint density at radius 1 is 1.45 bits per heavy atom. The van der Waals surface area contributed by atoms with Gasteiger partial charge in [-0.2, -0.15) is 0 Å². The fourth-order valence-electron chi connectivity index (χ4n) is 2.79. The SMILES string of the molecule is CCCOc1cccc2c1nc(CCl)n2C1CC1(C)C. The number of aromatic nitrogens is 2. The highest BCUT2D eigenvalue weighted by molar-refractivity contribution is 6.16. The van der Waals surface area contributed by atoms with Gasteiger partial charge in [-0.25, -0.2) is 4.98 Å². The molecule has 1 saturated carbocycles. The molecule has 1 aromatic carbocycles. The number of hydrogen-bond donors (Lipinski definition) is 0. The van der Waals surface area contributed by atoms with Gasteiger partial charge in [-0.05, 0) is 30.4 Å². The number of nitrogens with zero attached hydrogens (tertiary/aromatic N) is 2. The third-order valence-electron chi connectivity index (χ3n) is 4.11. The largest absolute Gasteiger partial charge is 0.491 e. The van der Waals surface area contributed by atoms with Crippen molar-refractivity contribution in [3.63, 3.8) is 0 Å². The molecule has 0 spiro atoms. The van der Waals surface area contributed by atoms with Crippen LogP contribution < -0.4 is 4.74 Å². The Hall–Kier alpha value is -1.22. The fourth-order valence-corrected chi connectivity index (χ4v) is 2.98.